The summed E-state index contributed by atoms with van der Waals surface area (Å²) >= 11 is 6.38. The zero-order valence-corrected chi connectivity index (χ0v) is 14.3. The molecule has 2 aromatic carbocycles. The monoisotopic (exact) mass is 363 g/mol. The van der Waals surface area contributed by atoms with Crippen LogP contribution < -0.4 is 5.43 Å². The summed E-state index contributed by atoms with van der Waals surface area (Å²) in [5, 5.41) is 5.46. The van der Waals surface area contributed by atoms with Crippen LogP contribution in [0, 0.1) is 0 Å². The number of rotatable bonds is 4. The quantitative estimate of drug-likeness (QED) is 0.378. The Balaban J connectivity index is 1.76. The molecule has 4 rings (SSSR count). The highest BCUT2D eigenvalue weighted by Crippen LogP contribution is 2.36. The van der Waals surface area contributed by atoms with Crippen molar-refractivity contribution in [2.24, 2.45) is 5.10 Å². The first-order valence-corrected chi connectivity index (χ1v) is 8.29. The van der Waals surface area contributed by atoms with Gasteiger partial charge in [0, 0.05) is 27.1 Å². The van der Waals surface area contributed by atoms with Crippen LogP contribution in [0.2, 0.25) is 5.02 Å². The first-order valence-electron chi connectivity index (χ1n) is 7.91. The average molecular weight is 364 g/mol. The second-order valence-electron chi connectivity index (χ2n) is 5.61. The number of hydrogen-bond donors (Lipinski definition) is 3. The number of para-hydroxylation sites is 1. The van der Waals surface area contributed by atoms with Gasteiger partial charge in [0.25, 0.3) is 5.91 Å². The van der Waals surface area contributed by atoms with E-state index in [4.69, 9.17) is 11.6 Å². The van der Waals surface area contributed by atoms with Gasteiger partial charge in [-0.15, -0.1) is 0 Å². The van der Waals surface area contributed by atoms with Gasteiger partial charge < -0.3 is 9.97 Å². The molecule has 0 aliphatic carbocycles. The van der Waals surface area contributed by atoms with Crippen LogP contribution in [0.15, 0.2) is 66.2 Å². The molecular formula is C19H14ClN5O. The fraction of sp³-hybridized carbons (Fsp3) is 0. The highest BCUT2D eigenvalue weighted by molar-refractivity contribution is 6.34. The SMILES string of the molecule is O=C(NN=Cc1cnc[nH]1)c1[nH]c2ccccc2c1-c1ccccc1Cl. The summed E-state index contributed by atoms with van der Waals surface area (Å²) < 4.78 is 0. The second-order valence-corrected chi connectivity index (χ2v) is 6.01. The Morgan fingerprint density at radius 1 is 1.15 bits per heavy atom. The van der Waals surface area contributed by atoms with Crippen molar-refractivity contribution < 1.29 is 4.79 Å². The molecule has 6 nitrogen and oxygen atoms in total. The van der Waals surface area contributed by atoms with Gasteiger partial charge in [0.2, 0.25) is 0 Å². The van der Waals surface area contributed by atoms with Gasteiger partial charge in [-0.25, -0.2) is 10.4 Å². The fourth-order valence-electron chi connectivity index (χ4n) is 2.81. The number of H-pyrrole nitrogens is 2. The van der Waals surface area contributed by atoms with Crippen LogP contribution in [-0.4, -0.2) is 27.1 Å². The Morgan fingerprint density at radius 3 is 2.77 bits per heavy atom. The minimum absolute atomic E-state index is 0.355. The zero-order chi connectivity index (χ0) is 17.9. The summed E-state index contributed by atoms with van der Waals surface area (Å²) in [4.78, 5) is 22.7. The first kappa shape index (κ1) is 16.1. The van der Waals surface area contributed by atoms with Crippen molar-refractivity contribution in [2.45, 2.75) is 0 Å². The molecule has 0 atom stereocenters. The molecule has 0 fully saturated rings. The Labute approximate surface area is 153 Å². The Bertz CT molecular complexity index is 1100. The molecule has 2 heterocycles. The van der Waals surface area contributed by atoms with Crippen LogP contribution in [0.3, 0.4) is 0 Å². The molecule has 1 amide bonds. The first-order chi connectivity index (χ1) is 12.7. The van der Waals surface area contributed by atoms with E-state index in [2.05, 4.69) is 25.5 Å². The topological polar surface area (TPSA) is 85.9 Å². The van der Waals surface area contributed by atoms with Gasteiger partial charge in [0.15, 0.2) is 0 Å². The van der Waals surface area contributed by atoms with E-state index in [9.17, 15) is 4.79 Å². The zero-order valence-electron chi connectivity index (χ0n) is 13.5. The number of nitrogens with zero attached hydrogens (tertiary/aromatic N) is 2. The molecule has 0 saturated heterocycles. The molecule has 3 N–H and O–H groups in total. The van der Waals surface area contributed by atoms with Crippen molar-refractivity contribution >= 4 is 34.6 Å². The lowest BCUT2D eigenvalue weighted by molar-refractivity contribution is 0.0951. The van der Waals surface area contributed by atoms with Crippen molar-refractivity contribution in [3.63, 3.8) is 0 Å². The number of halogens is 1. The number of hydrogen-bond acceptors (Lipinski definition) is 3. The largest absolute Gasteiger partial charge is 0.350 e. The number of fused-ring (bicyclic) bond motifs is 1. The van der Waals surface area contributed by atoms with E-state index in [1.54, 1.807) is 12.3 Å². The maximum atomic E-state index is 12.7. The third-order valence-corrected chi connectivity index (χ3v) is 4.30. The highest BCUT2D eigenvalue weighted by Gasteiger charge is 2.20. The van der Waals surface area contributed by atoms with E-state index in [-0.39, 0.29) is 5.91 Å². The van der Waals surface area contributed by atoms with Crippen LogP contribution in [-0.2, 0) is 0 Å². The average Bonchev–Trinajstić information content (AvgIpc) is 3.30. The molecule has 0 unspecified atom stereocenters. The standard InChI is InChI=1S/C19H14ClN5O/c20-15-7-3-1-5-13(15)17-14-6-2-4-8-16(14)24-18(17)19(26)25-23-10-12-9-21-11-22-12/h1-11,24H,(H,21,22)(H,25,26). The number of nitrogens with one attached hydrogen (secondary N) is 3. The molecule has 4 aromatic rings. The summed E-state index contributed by atoms with van der Waals surface area (Å²) in [7, 11) is 0. The molecule has 2 aromatic heterocycles. The van der Waals surface area contributed by atoms with Crippen LogP contribution in [0.25, 0.3) is 22.0 Å². The number of imidazole rings is 1. The van der Waals surface area contributed by atoms with E-state index in [0.717, 1.165) is 22.0 Å². The molecule has 26 heavy (non-hydrogen) atoms. The van der Waals surface area contributed by atoms with Gasteiger partial charge in [-0.1, -0.05) is 48.0 Å². The summed E-state index contributed by atoms with van der Waals surface area (Å²) in [5.74, 6) is -0.355. The highest BCUT2D eigenvalue weighted by atomic mass is 35.5. The molecule has 128 valence electrons. The number of aromatic nitrogens is 3. The summed E-state index contributed by atoms with van der Waals surface area (Å²) in [6, 6.07) is 15.1. The van der Waals surface area contributed by atoms with Gasteiger partial charge in [-0.3, -0.25) is 4.79 Å². The minimum Gasteiger partial charge on any atom is -0.350 e. The lowest BCUT2D eigenvalue weighted by Gasteiger charge is -2.06. The van der Waals surface area contributed by atoms with Gasteiger partial charge in [-0.2, -0.15) is 5.10 Å². The molecule has 7 heteroatoms. The molecule has 0 radical (unpaired) electrons. The molecule has 0 bridgehead atoms. The van der Waals surface area contributed by atoms with Crippen LogP contribution in [0.1, 0.15) is 16.2 Å². The van der Waals surface area contributed by atoms with Crippen LogP contribution in [0.4, 0.5) is 0 Å². The van der Waals surface area contributed by atoms with Gasteiger partial charge in [0.05, 0.1) is 24.4 Å². The molecule has 0 aliphatic rings. The van der Waals surface area contributed by atoms with E-state index in [1.165, 1.54) is 12.5 Å². The summed E-state index contributed by atoms with van der Waals surface area (Å²) in [5.41, 5.74) is 6.02. The van der Waals surface area contributed by atoms with E-state index < -0.39 is 0 Å². The van der Waals surface area contributed by atoms with E-state index in [1.807, 2.05) is 42.5 Å². The summed E-state index contributed by atoms with van der Waals surface area (Å²) in [6.07, 6.45) is 4.63. The van der Waals surface area contributed by atoms with Crippen LogP contribution >= 0.6 is 11.6 Å². The Hall–Kier alpha value is -3.38. The van der Waals surface area contributed by atoms with Gasteiger partial charge in [0.1, 0.15) is 5.69 Å². The van der Waals surface area contributed by atoms with Crippen LogP contribution in [0.5, 0.6) is 0 Å². The normalized spacial score (nSPS) is 11.3. The number of carbonyl (C=O) groups is 1. The lowest BCUT2D eigenvalue weighted by Crippen LogP contribution is -2.19. The van der Waals surface area contributed by atoms with Crippen molar-refractivity contribution in [2.75, 3.05) is 0 Å². The maximum absolute atomic E-state index is 12.7. The number of benzene rings is 2. The van der Waals surface area contributed by atoms with E-state index >= 15 is 0 Å². The van der Waals surface area contributed by atoms with Crippen molar-refractivity contribution in [3.8, 4) is 11.1 Å². The molecule has 0 spiro atoms. The van der Waals surface area contributed by atoms with Crippen molar-refractivity contribution in [3.05, 3.63) is 77.5 Å². The molecule has 0 aliphatic heterocycles. The maximum Gasteiger partial charge on any atom is 0.288 e. The van der Waals surface area contributed by atoms with Crippen molar-refractivity contribution in [1.82, 2.24) is 20.4 Å². The number of carbonyl (C=O) groups excluding carboxylic acids is 1. The second kappa shape index (κ2) is 6.85. The number of amides is 1. The van der Waals surface area contributed by atoms with Gasteiger partial charge >= 0.3 is 0 Å². The number of aromatic amines is 2. The Kier molecular flexibility index (Phi) is 4.25. The van der Waals surface area contributed by atoms with Gasteiger partial charge in [-0.05, 0) is 12.1 Å². The van der Waals surface area contributed by atoms with E-state index in [0.29, 0.717) is 16.4 Å². The predicted octanol–water partition coefficient (Wildman–Crippen LogP) is 3.98. The van der Waals surface area contributed by atoms with Crippen molar-refractivity contribution in [1.29, 1.82) is 0 Å². The predicted molar refractivity (Wildman–Crippen MR) is 102 cm³/mol. The third-order valence-electron chi connectivity index (χ3n) is 3.97. The lowest BCUT2D eigenvalue weighted by atomic mass is 10.0. The minimum atomic E-state index is -0.355. The molecule has 0 saturated carbocycles. The summed E-state index contributed by atoms with van der Waals surface area (Å²) in [6.45, 7) is 0. The smallest absolute Gasteiger partial charge is 0.288 e. The fourth-order valence-corrected chi connectivity index (χ4v) is 3.04. The third kappa shape index (κ3) is 2.98. The Morgan fingerprint density at radius 2 is 1.96 bits per heavy atom. The number of hydrazone groups is 1. The molecular weight excluding hydrogens is 350 g/mol.